The van der Waals surface area contributed by atoms with E-state index in [9.17, 15) is 5.11 Å². The van der Waals surface area contributed by atoms with Gasteiger partial charge in [-0.2, -0.15) is 0 Å². The smallest absolute Gasteiger partial charge is 0.148 e. The van der Waals surface area contributed by atoms with E-state index in [-0.39, 0.29) is 6.04 Å². The average molecular weight is 262 g/mol. The summed E-state index contributed by atoms with van der Waals surface area (Å²) in [5, 5.41) is 13.4. The summed E-state index contributed by atoms with van der Waals surface area (Å²) in [5.41, 5.74) is 2.80. The molecule has 1 atom stereocenters. The molecule has 1 unspecified atom stereocenters. The van der Waals surface area contributed by atoms with Crippen molar-refractivity contribution in [1.29, 1.82) is 0 Å². The second-order valence-corrected chi connectivity index (χ2v) is 5.13. The summed E-state index contributed by atoms with van der Waals surface area (Å²) in [5.74, 6) is 0.314. The molecule has 2 heterocycles. The summed E-state index contributed by atoms with van der Waals surface area (Å²) in [6.07, 6.45) is 0. The maximum Gasteiger partial charge on any atom is 0.148 e. The zero-order valence-corrected chi connectivity index (χ0v) is 11.1. The van der Waals surface area contributed by atoms with Crippen molar-refractivity contribution in [3.05, 3.63) is 64.8 Å². The molecule has 1 aliphatic rings. The number of para-hydroxylation sites is 2. The molecular weight excluding hydrogens is 248 g/mol. The number of aromatic hydroxyl groups is 1. The van der Waals surface area contributed by atoms with Crippen LogP contribution in [0.4, 0.5) is 0 Å². The Morgan fingerprint density at radius 3 is 2.65 bits per heavy atom. The number of hydrogen-bond acceptors (Lipinski definition) is 2. The van der Waals surface area contributed by atoms with Gasteiger partial charge in [-0.3, -0.25) is 4.99 Å². The molecule has 1 aliphatic heterocycles. The van der Waals surface area contributed by atoms with Crippen LogP contribution in [-0.2, 0) is 0 Å². The lowest BCUT2D eigenvalue weighted by Gasteiger charge is -2.06. The Bertz CT molecular complexity index is 937. The van der Waals surface area contributed by atoms with Gasteiger partial charge >= 0.3 is 0 Å². The first kappa shape index (κ1) is 11.3. The molecule has 4 rings (SSSR count). The minimum absolute atomic E-state index is 0.0476. The minimum atomic E-state index is 0.0476. The number of benzene rings is 2. The van der Waals surface area contributed by atoms with Gasteiger partial charge in [-0.25, -0.2) is 0 Å². The average Bonchev–Trinajstić information content (AvgIpc) is 2.96. The maximum atomic E-state index is 10.5. The first-order valence-corrected chi connectivity index (χ1v) is 6.73. The Labute approximate surface area is 115 Å². The van der Waals surface area contributed by atoms with Crippen molar-refractivity contribution < 1.29 is 5.11 Å². The van der Waals surface area contributed by atoms with Crippen LogP contribution in [-0.4, -0.2) is 16.1 Å². The lowest BCUT2D eigenvalue weighted by molar-refractivity contribution is 0.479. The van der Waals surface area contributed by atoms with Crippen molar-refractivity contribution in [2.24, 2.45) is 4.99 Å². The molecule has 3 aromatic rings. The number of aromatic nitrogens is 1. The number of fused-ring (bicyclic) bond motifs is 2. The topological polar surface area (TPSA) is 48.4 Å². The molecule has 98 valence electrons. The minimum Gasteiger partial charge on any atom is -0.505 e. The predicted octanol–water partition coefficient (Wildman–Crippen LogP) is 2.09. The lowest BCUT2D eigenvalue weighted by atomic mass is 10.0. The van der Waals surface area contributed by atoms with Gasteiger partial charge in [0, 0.05) is 21.7 Å². The second-order valence-electron chi connectivity index (χ2n) is 5.13. The molecule has 0 saturated carbocycles. The summed E-state index contributed by atoms with van der Waals surface area (Å²) in [7, 11) is 0. The third-order valence-corrected chi connectivity index (χ3v) is 3.89. The number of aromatic amines is 1. The lowest BCUT2D eigenvalue weighted by Crippen LogP contribution is -2.22. The molecule has 0 radical (unpaired) electrons. The summed E-state index contributed by atoms with van der Waals surface area (Å²) in [6, 6.07) is 15.9. The number of rotatable bonds is 1. The highest BCUT2D eigenvalue weighted by Gasteiger charge is 2.22. The van der Waals surface area contributed by atoms with Gasteiger partial charge in [0.15, 0.2) is 0 Å². The molecule has 1 aromatic heterocycles. The number of nitrogens with one attached hydrogen (secondary N) is 1. The van der Waals surface area contributed by atoms with Crippen LogP contribution in [0.3, 0.4) is 0 Å². The highest BCUT2D eigenvalue weighted by Crippen LogP contribution is 2.34. The summed E-state index contributed by atoms with van der Waals surface area (Å²) >= 11 is 0. The van der Waals surface area contributed by atoms with E-state index in [1.807, 2.05) is 42.5 Å². The largest absolute Gasteiger partial charge is 0.505 e. The van der Waals surface area contributed by atoms with Crippen LogP contribution in [0.2, 0.25) is 0 Å². The Morgan fingerprint density at radius 1 is 1.05 bits per heavy atom. The van der Waals surface area contributed by atoms with Crippen LogP contribution in [0.5, 0.6) is 5.75 Å². The van der Waals surface area contributed by atoms with Gasteiger partial charge in [-0.15, -0.1) is 0 Å². The Kier molecular flexibility index (Phi) is 2.24. The highest BCUT2D eigenvalue weighted by atomic mass is 16.3. The molecule has 20 heavy (non-hydrogen) atoms. The van der Waals surface area contributed by atoms with Crippen molar-refractivity contribution in [2.45, 2.75) is 13.0 Å². The SMILES string of the molecule is CC1N=c2ccccc2=C1c1[nH]c2ccccc2c1O. The van der Waals surface area contributed by atoms with Gasteiger partial charge in [0.25, 0.3) is 0 Å². The Balaban J connectivity index is 2.11. The van der Waals surface area contributed by atoms with Crippen LogP contribution in [0.15, 0.2) is 53.5 Å². The zero-order chi connectivity index (χ0) is 13.7. The van der Waals surface area contributed by atoms with E-state index >= 15 is 0 Å². The van der Waals surface area contributed by atoms with Crippen molar-refractivity contribution >= 4 is 16.5 Å². The van der Waals surface area contributed by atoms with Gasteiger partial charge in [0.05, 0.1) is 17.1 Å². The van der Waals surface area contributed by atoms with E-state index in [2.05, 4.69) is 23.0 Å². The van der Waals surface area contributed by atoms with Crippen LogP contribution in [0.1, 0.15) is 12.6 Å². The van der Waals surface area contributed by atoms with E-state index in [0.717, 1.165) is 32.7 Å². The number of nitrogens with zero attached hydrogens (tertiary/aromatic N) is 1. The number of hydrogen-bond donors (Lipinski definition) is 2. The third kappa shape index (κ3) is 1.43. The van der Waals surface area contributed by atoms with Gasteiger partial charge in [-0.05, 0) is 25.1 Å². The van der Waals surface area contributed by atoms with Crippen LogP contribution < -0.4 is 10.6 Å². The van der Waals surface area contributed by atoms with Gasteiger partial charge < -0.3 is 10.1 Å². The fourth-order valence-electron chi connectivity index (χ4n) is 2.98. The zero-order valence-electron chi connectivity index (χ0n) is 11.1. The van der Waals surface area contributed by atoms with Gasteiger partial charge in [-0.1, -0.05) is 30.3 Å². The Hall–Kier alpha value is -2.55. The molecule has 3 nitrogen and oxygen atoms in total. The number of H-pyrrole nitrogens is 1. The van der Waals surface area contributed by atoms with Crippen LogP contribution in [0.25, 0.3) is 16.5 Å². The van der Waals surface area contributed by atoms with Crippen molar-refractivity contribution in [3.63, 3.8) is 0 Å². The summed E-state index contributed by atoms with van der Waals surface area (Å²) in [6.45, 7) is 2.06. The highest BCUT2D eigenvalue weighted by molar-refractivity contribution is 5.92. The van der Waals surface area contributed by atoms with Crippen molar-refractivity contribution in [2.75, 3.05) is 0 Å². The predicted molar refractivity (Wildman–Crippen MR) is 79.2 cm³/mol. The fourth-order valence-corrected chi connectivity index (χ4v) is 2.98. The van der Waals surface area contributed by atoms with Crippen molar-refractivity contribution in [3.8, 4) is 5.75 Å². The molecule has 3 heteroatoms. The maximum absolute atomic E-state index is 10.5. The normalized spacial score (nSPS) is 17.2. The molecule has 0 fully saturated rings. The second kappa shape index (κ2) is 3.97. The quantitative estimate of drug-likeness (QED) is 0.693. The summed E-state index contributed by atoms with van der Waals surface area (Å²) in [4.78, 5) is 7.98. The standard InChI is InChI=1S/C17H14N2O/c1-10-15(11-6-2-4-8-13(11)18-10)16-17(20)12-7-3-5-9-14(12)19-16/h2-10,19-20H,1H3. The van der Waals surface area contributed by atoms with E-state index < -0.39 is 0 Å². The fraction of sp³-hybridized carbons (Fsp3) is 0.118. The summed E-state index contributed by atoms with van der Waals surface area (Å²) < 4.78 is 0. The molecular formula is C17H14N2O. The van der Waals surface area contributed by atoms with Gasteiger partial charge in [0.2, 0.25) is 0 Å². The van der Waals surface area contributed by atoms with Crippen LogP contribution >= 0.6 is 0 Å². The molecule has 2 N–H and O–H groups in total. The first-order valence-electron chi connectivity index (χ1n) is 6.73. The third-order valence-electron chi connectivity index (χ3n) is 3.89. The first-order chi connectivity index (χ1) is 9.75. The van der Waals surface area contributed by atoms with Gasteiger partial charge in [0.1, 0.15) is 5.75 Å². The van der Waals surface area contributed by atoms with E-state index in [1.165, 1.54) is 0 Å². The van der Waals surface area contributed by atoms with Crippen LogP contribution in [0, 0.1) is 0 Å². The monoisotopic (exact) mass is 262 g/mol. The van der Waals surface area contributed by atoms with E-state index in [4.69, 9.17) is 0 Å². The van der Waals surface area contributed by atoms with E-state index in [1.54, 1.807) is 0 Å². The molecule has 0 aliphatic carbocycles. The molecule has 0 spiro atoms. The molecule has 0 saturated heterocycles. The Morgan fingerprint density at radius 2 is 1.80 bits per heavy atom. The molecule has 2 aromatic carbocycles. The molecule has 0 amide bonds. The van der Waals surface area contributed by atoms with E-state index in [0.29, 0.717) is 5.75 Å². The van der Waals surface area contributed by atoms with Crippen molar-refractivity contribution in [1.82, 2.24) is 4.98 Å². The molecule has 0 bridgehead atoms.